The largest absolute Gasteiger partial charge is 0.412 e. The molecule has 4 N–H and O–H groups in total. The summed E-state index contributed by atoms with van der Waals surface area (Å²) in [7, 11) is 0. The summed E-state index contributed by atoms with van der Waals surface area (Å²) in [5.74, 6) is -2.54. The van der Waals surface area contributed by atoms with Gasteiger partial charge >= 0.3 is 0 Å². The summed E-state index contributed by atoms with van der Waals surface area (Å²) in [6.07, 6.45) is 0.740. The van der Waals surface area contributed by atoms with Crippen LogP contribution in [0.5, 0.6) is 0 Å². The Labute approximate surface area is 88.6 Å². The number of hydrogen-bond donors (Lipinski definition) is 2. The highest BCUT2D eigenvalue weighted by atomic mass is 17.3. The fraction of sp³-hybridized carbons (Fsp3) is 1.00. The summed E-state index contributed by atoms with van der Waals surface area (Å²) < 4.78 is 0. The molecule has 0 aliphatic rings. The van der Waals surface area contributed by atoms with E-state index in [1.54, 1.807) is 13.8 Å². The maximum absolute atomic E-state index is 8.52. The van der Waals surface area contributed by atoms with Crippen LogP contribution in [0, 0.1) is 0 Å². The van der Waals surface area contributed by atoms with Crippen LogP contribution in [-0.2, 0) is 19.6 Å². The Kier molecular flexibility index (Phi) is 8.07. The Balaban J connectivity index is 0. The Morgan fingerprint density at radius 3 is 1.27 bits per heavy atom. The number of hydrogen-bond acceptors (Lipinski definition) is 6. The molecule has 94 valence electrons. The molecule has 0 spiro atoms. The molecular formula is C8H20O7. The van der Waals surface area contributed by atoms with Crippen molar-refractivity contribution in [3.8, 4) is 0 Å². The molecule has 0 aromatic heterocycles. The molecule has 0 aliphatic carbocycles. The van der Waals surface area contributed by atoms with Gasteiger partial charge in [-0.15, -0.1) is 0 Å². The second-order valence-electron chi connectivity index (χ2n) is 3.32. The molecule has 0 saturated carbocycles. The van der Waals surface area contributed by atoms with E-state index < -0.39 is 11.6 Å². The Morgan fingerprint density at radius 2 is 1.13 bits per heavy atom. The van der Waals surface area contributed by atoms with Gasteiger partial charge in [-0.05, 0) is 13.8 Å². The van der Waals surface area contributed by atoms with Crippen molar-refractivity contribution in [3.05, 3.63) is 0 Å². The van der Waals surface area contributed by atoms with Gasteiger partial charge in [-0.25, -0.2) is 20.3 Å². The lowest BCUT2D eigenvalue weighted by molar-refractivity contribution is -0.566. The summed E-state index contributed by atoms with van der Waals surface area (Å²) >= 11 is 0. The van der Waals surface area contributed by atoms with Gasteiger partial charge in [-0.3, -0.25) is 0 Å². The van der Waals surface area contributed by atoms with Gasteiger partial charge in [-0.1, -0.05) is 13.8 Å². The third-order valence-electron chi connectivity index (χ3n) is 2.06. The monoisotopic (exact) mass is 228 g/mol. The molecule has 7 nitrogen and oxygen atoms in total. The van der Waals surface area contributed by atoms with Crippen molar-refractivity contribution in [1.82, 2.24) is 0 Å². The first-order chi connectivity index (χ1) is 6.45. The zero-order chi connectivity index (χ0) is 11.2. The van der Waals surface area contributed by atoms with Crippen molar-refractivity contribution in [2.24, 2.45) is 0 Å². The standard InChI is InChI=1S/C8H18O6.H2O/c1-5-7(3,11-9)13-14-8(4,6-2)12-10;/h9-10H,5-6H2,1-4H3;1H2. The zero-order valence-electron chi connectivity index (χ0n) is 9.44. The van der Waals surface area contributed by atoms with E-state index in [2.05, 4.69) is 9.78 Å². The highest BCUT2D eigenvalue weighted by Gasteiger charge is 2.33. The van der Waals surface area contributed by atoms with E-state index in [4.69, 9.17) is 20.3 Å². The predicted octanol–water partition coefficient (Wildman–Crippen LogP) is 1.34. The lowest BCUT2D eigenvalue weighted by atomic mass is 10.2. The van der Waals surface area contributed by atoms with Crippen LogP contribution in [0.4, 0.5) is 0 Å². The summed E-state index contributed by atoms with van der Waals surface area (Å²) in [6.45, 7) is 6.45. The fourth-order valence-corrected chi connectivity index (χ4v) is 0.454. The van der Waals surface area contributed by atoms with Crippen LogP contribution in [0.1, 0.15) is 40.5 Å². The van der Waals surface area contributed by atoms with E-state index in [1.807, 2.05) is 0 Å². The van der Waals surface area contributed by atoms with Gasteiger partial charge in [0.25, 0.3) is 0 Å². The molecule has 0 heterocycles. The van der Waals surface area contributed by atoms with Crippen LogP contribution in [0.15, 0.2) is 0 Å². The van der Waals surface area contributed by atoms with Gasteiger partial charge in [0.2, 0.25) is 11.6 Å². The van der Waals surface area contributed by atoms with Gasteiger partial charge in [0.15, 0.2) is 0 Å². The van der Waals surface area contributed by atoms with E-state index in [1.165, 1.54) is 13.8 Å². The highest BCUT2D eigenvalue weighted by molar-refractivity contribution is 4.57. The Morgan fingerprint density at radius 1 is 0.867 bits per heavy atom. The molecule has 0 amide bonds. The summed E-state index contributed by atoms with van der Waals surface area (Å²) in [6, 6.07) is 0. The van der Waals surface area contributed by atoms with E-state index >= 15 is 0 Å². The van der Waals surface area contributed by atoms with Crippen LogP contribution in [0.25, 0.3) is 0 Å². The minimum atomic E-state index is -1.27. The molecule has 0 aromatic rings. The lowest BCUT2D eigenvalue weighted by Crippen LogP contribution is -2.38. The van der Waals surface area contributed by atoms with Crippen molar-refractivity contribution in [2.75, 3.05) is 0 Å². The molecule has 0 rings (SSSR count). The first-order valence-corrected chi connectivity index (χ1v) is 4.47. The molecule has 2 unspecified atom stereocenters. The third kappa shape index (κ3) is 5.38. The second kappa shape index (κ2) is 7.07. The van der Waals surface area contributed by atoms with Gasteiger partial charge in [0.1, 0.15) is 0 Å². The van der Waals surface area contributed by atoms with Crippen molar-refractivity contribution in [2.45, 2.75) is 52.1 Å². The van der Waals surface area contributed by atoms with Gasteiger partial charge < -0.3 is 5.48 Å². The van der Waals surface area contributed by atoms with Gasteiger partial charge in [0, 0.05) is 12.8 Å². The topological polar surface area (TPSA) is 109 Å². The van der Waals surface area contributed by atoms with E-state index in [9.17, 15) is 0 Å². The normalized spacial score (nSPS) is 18.8. The van der Waals surface area contributed by atoms with Crippen molar-refractivity contribution in [1.29, 1.82) is 0 Å². The van der Waals surface area contributed by atoms with Crippen LogP contribution in [0.2, 0.25) is 0 Å². The maximum atomic E-state index is 8.52. The molecule has 0 saturated heterocycles. The minimum absolute atomic E-state index is 0. The third-order valence-corrected chi connectivity index (χ3v) is 2.06. The summed E-state index contributed by atoms with van der Waals surface area (Å²) in [5, 5.41) is 17.0. The maximum Gasteiger partial charge on any atom is 0.230 e. The van der Waals surface area contributed by atoms with Crippen molar-refractivity contribution in [3.63, 3.8) is 0 Å². The SMILES string of the molecule is CCC(C)(OO)OOC(C)(CC)OO.O. The average Bonchev–Trinajstić information content (AvgIpc) is 2.25. The second-order valence-corrected chi connectivity index (χ2v) is 3.32. The molecule has 0 aromatic carbocycles. The van der Waals surface area contributed by atoms with Crippen molar-refractivity contribution < 1.29 is 35.5 Å². The first kappa shape index (κ1) is 17.1. The smallest absolute Gasteiger partial charge is 0.230 e. The molecule has 2 atom stereocenters. The molecular weight excluding hydrogens is 208 g/mol. The van der Waals surface area contributed by atoms with Crippen molar-refractivity contribution >= 4 is 0 Å². The Bertz CT molecular complexity index is 135. The van der Waals surface area contributed by atoms with E-state index in [0.29, 0.717) is 12.8 Å². The van der Waals surface area contributed by atoms with Crippen LogP contribution < -0.4 is 0 Å². The highest BCUT2D eigenvalue weighted by Crippen LogP contribution is 2.22. The molecule has 15 heavy (non-hydrogen) atoms. The predicted molar refractivity (Wildman–Crippen MR) is 50.6 cm³/mol. The summed E-state index contributed by atoms with van der Waals surface area (Å²) in [5.41, 5.74) is 0. The molecule has 7 heteroatoms. The van der Waals surface area contributed by atoms with Crippen LogP contribution >= 0.6 is 0 Å². The zero-order valence-corrected chi connectivity index (χ0v) is 9.44. The first-order valence-electron chi connectivity index (χ1n) is 4.47. The average molecular weight is 228 g/mol. The minimum Gasteiger partial charge on any atom is -0.412 e. The Hall–Kier alpha value is -0.280. The number of rotatable bonds is 7. The van der Waals surface area contributed by atoms with Crippen LogP contribution in [0.3, 0.4) is 0 Å². The molecule has 0 bridgehead atoms. The molecule has 0 fully saturated rings. The van der Waals surface area contributed by atoms with Crippen LogP contribution in [-0.4, -0.2) is 27.6 Å². The van der Waals surface area contributed by atoms with Gasteiger partial charge in [0.05, 0.1) is 0 Å². The fourth-order valence-electron chi connectivity index (χ4n) is 0.454. The molecule has 0 radical (unpaired) electrons. The summed E-state index contributed by atoms with van der Waals surface area (Å²) in [4.78, 5) is 17.8. The lowest BCUT2D eigenvalue weighted by Gasteiger charge is -2.29. The van der Waals surface area contributed by atoms with E-state index in [0.717, 1.165) is 0 Å². The van der Waals surface area contributed by atoms with Gasteiger partial charge in [-0.2, -0.15) is 9.78 Å². The quantitative estimate of drug-likeness (QED) is 0.386. The van der Waals surface area contributed by atoms with E-state index in [-0.39, 0.29) is 5.48 Å². The molecule has 0 aliphatic heterocycles.